The second kappa shape index (κ2) is 6.83. The van der Waals surface area contributed by atoms with E-state index in [1.165, 1.54) is 6.07 Å². The molecule has 2 amide bonds. The van der Waals surface area contributed by atoms with Gasteiger partial charge in [0, 0.05) is 18.0 Å². The van der Waals surface area contributed by atoms with Crippen molar-refractivity contribution in [2.45, 2.75) is 26.2 Å². The van der Waals surface area contributed by atoms with E-state index >= 15 is 0 Å². The Balaban J connectivity index is 1.57. The topological polar surface area (TPSA) is 58.2 Å². The van der Waals surface area contributed by atoms with E-state index in [2.05, 4.69) is 10.6 Å². The molecule has 124 valence electrons. The summed E-state index contributed by atoms with van der Waals surface area (Å²) in [6.07, 6.45) is 1.22. The molecule has 0 fully saturated rings. The van der Waals surface area contributed by atoms with Crippen molar-refractivity contribution in [3.8, 4) is 0 Å². The van der Waals surface area contributed by atoms with Gasteiger partial charge >= 0.3 is 0 Å². The molecule has 1 atom stereocenters. The Labute approximate surface area is 140 Å². The fourth-order valence-electron chi connectivity index (χ4n) is 2.89. The molecule has 2 aromatic rings. The van der Waals surface area contributed by atoms with Gasteiger partial charge in [-0.2, -0.15) is 0 Å². The van der Waals surface area contributed by atoms with Gasteiger partial charge in [-0.1, -0.05) is 24.3 Å². The molecule has 0 bridgehead atoms. The summed E-state index contributed by atoms with van der Waals surface area (Å²) in [4.78, 5) is 24.2. The van der Waals surface area contributed by atoms with Crippen molar-refractivity contribution >= 4 is 23.2 Å². The number of amides is 2. The Morgan fingerprint density at radius 2 is 2.08 bits per heavy atom. The third kappa shape index (κ3) is 3.62. The van der Waals surface area contributed by atoms with E-state index in [1.54, 1.807) is 19.1 Å². The molecule has 2 N–H and O–H groups in total. The zero-order valence-electron chi connectivity index (χ0n) is 13.4. The number of aryl methyl sites for hydroxylation is 1. The molecule has 1 unspecified atom stereocenters. The second-order valence-electron chi connectivity index (χ2n) is 6.12. The average molecular weight is 326 g/mol. The minimum absolute atomic E-state index is 0.0667. The molecule has 0 radical (unpaired) electrons. The van der Waals surface area contributed by atoms with Crippen molar-refractivity contribution < 1.29 is 14.0 Å². The number of carbonyl (C=O) groups excluding carboxylic acids is 2. The molecule has 2 aromatic carbocycles. The van der Waals surface area contributed by atoms with Crippen molar-refractivity contribution in [1.29, 1.82) is 0 Å². The smallest absolute Gasteiger partial charge is 0.227 e. The molecule has 0 aromatic heterocycles. The predicted octanol–water partition coefficient (Wildman–Crippen LogP) is 3.66. The van der Waals surface area contributed by atoms with Crippen LogP contribution in [0.3, 0.4) is 0 Å². The van der Waals surface area contributed by atoms with Crippen LogP contribution in [0.2, 0.25) is 0 Å². The summed E-state index contributed by atoms with van der Waals surface area (Å²) in [5, 5.41) is 5.43. The molecule has 0 saturated carbocycles. The normalized spacial score (nSPS) is 16.2. The van der Waals surface area contributed by atoms with Crippen LogP contribution in [0.15, 0.2) is 42.5 Å². The van der Waals surface area contributed by atoms with Gasteiger partial charge in [-0.05, 0) is 49.1 Å². The summed E-state index contributed by atoms with van der Waals surface area (Å²) in [5.41, 5.74) is 2.88. The number of benzene rings is 2. The molecule has 24 heavy (non-hydrogen) atoms. The van der Waals surface area contributed by atoms with E-state index in [4.69, 9.17) is 0 Å². The quantitative estimate of drug-likeness (QED) is 0.901. The maximum absolute atomic E-state index is 13.8. The number of rotatable bonds is 4. The number of carbonyl (C=O) groups is 2. The molecule has 1 aliphatic rings. The summed E-state index contributed by atoms with van der Waals surface area (Å²) in [6.45, 7) is 1.79. The lowest BCUT2D eigenvalue weighted by Gasteiger charge is -2.24. The van der Waals surface area contributed by atoms with E-state index in [-0.39, 0.29) is 29.8 Å². The van der Waals surface area contributed by atoms with Gasteiger partial charge in [0.15, 0.2) is 0 Å². The molecule has 1 aliphatic heterocycles. The van der Waals surface area contributed by atoms with Crippen LogP contribution < -0.4 is 10.6 Å². The molecule has 5 heteroatoms. The fourth-order valence-corrected chi connectivity index (χ4v) is 2.89. The highest BCUT2D eigenvalue weighted by Crippen LogP contribution is 2.27. The lowest BCUT2D eigenvalue weighted by molar-refractivity contribution is -0.121. The van der Waals surface area contributed by atoms with E-state index in [0.29, 0.717) is 12.8 Å². The molecule has 0 spiro atoms. The molecule has 0 saturated heterocycles. The van der Waals surface area contributed by atoms with E-state index in [1.807, 2.05) is 24.3 Å². The van der Waals surface area contributed by atoms with Crippen LogP contribution in [-0.4, -0.2) is 11.8 Å². The lowest BCUT2D eigenvalue weighted by atomic mass is 9.89. The number of nitrogens with one attached hydrogen (secondary N) is 2. The zero-order valence-corrected chi connectivity index (χ0v) is 13.4. The summed E-state index contributed by atoms with van der Waals surface area (Å²) in [6, 6.07) is 12.3. The number of halogens is 1. The molecule has 0 aliphatic carbocycles. The number of anilines is 2. The molecular weight excluding hydrogens is 307 g/mol. The molecule has 1 heterocycles. The fraction of sp³-hybridized carbons (Fsp3) is 0.263. The highest BCUT2D eigenvalue weighted by Gasteiger charge is 2.26. The van der Waals surface area contributed by atoms with Crippen LogP contribution in [0.4, 0.5) is 15.8 Å². The van der Waals surface area contributed by atoms with Crippen molar-refractivity contribution in [1.82, 2.24) is 0 Å². The van der Waals surface area contributed by atoms with Gasteiger partial charge in [0.25, 0.3) is 0 Å². The summed E-state index contributed by atoms with van der Waals surface area (Å²) in [5.74, 6) is -1.05. The first-order valence-electron chi connectivity index (χ1n) is 7.97. The van der Waals surface area contributed by atoms with Crippen LogP contribution in [0.25, 0.3) is 0 Å². The van der Waals surface area contributed by atoms with E-state index < -0.39 is 5.82 Å². The van der Waals surface area contributed by atoms with Gasteiger partial charge in [-0.3, -0.25) is 9.59 Å². The van der Waals surface area contributed by atoms with Crippen LogP contribution in [0.5, 0.6) is 0 Å². The van der Waals surface area contributed by atoms with Crippen molar-refractivity contribution in [3.05, 3.63) is 59.4 Å². The van der Waals surface area contributed by atoms with E-state index in [9.17, 15) is 14.0 Å². The van der Waals surface area contributed by atoms with Crippen LogP contribution in [0, 0.1) is 18.7 Å². The van der Waals surface area contributed by atoms with Gasteiger partial charge < -0.3 is 10.6 Å². The zero-order chi connectivity index (χ0) is 17.1. The Bertz CT molecular complexity index is 789. The third-order valence-corrected chi connectivity index (χ3v) is 4.23. The Morgan fingerprint density at radius 3 is 2.88 bits per heavy atom. The van der Waals surface area contributed by atoms with Gasteiger partial charge in [-0.25, -0.2) is 4.39 Å². The Hall–Kier alpha value is -2.69. The lowest BCUT2D eigenvalue weighted by Crippen LogP contribution is -2.30. The van der Waals surface area contributed by atoms with Crippen molar-refractivity contribution in [2.24, 2.45) is 5.92 Å². The van der Waals surface area contributed by atoms with Crippen LogP contribution in [-0.2, 0) is 16.0 Å². The average Bonchev–Trinajstić information content (AvgIpc) is 2.55. The van der Waals surface area contributed by atoms with Crippen molar-refractivity contribution in [2.75, 3.05) is 10.6 Å². The number of hydrogen-bond donors (Lipinski definition) is 2. The predicted molar refractivity (Wildman–Crippen MR) is 91.3 cm³/mol. The summed E-state index contributed by atoms with van der Waals surface area (Å²) >= 11 is 0. The minimum atomic E-state index is -0.451. The minimum Gasteiger partial charge on any atom is -0.326 e. The second-order valence-corrected chi connectivity index (χ2v) is 6.12. The number of hydrogen-bond acceptors (Lipinski definition) is 2. The SMILES string of the molecule is Cc1ccc(NC(=O)CCC2Cc3ccccc3NC2=O)c(F)c1. The summed E-state index contributed by atoms with van der Waals surface area (Å²) in [7, 11) is 0. The molecule has 4 nitrogen and oxygen atoms in total. The monoisotopic (exact) mass is 326 g/mol. The van der Waals surface area contributed by atoms with Crippen molar-refractivity contribution in [3.63, 3.8) is 0 Å². The maximum Gasteiger partial charge on any atom is 0.227 e. The Kier molecular flexibility index (Phi) is 4.60. The standard InChI is InChI=1S/C19H19FN2O2/c1-12-6-8-17(15(20)10-12)21-18(23)9-7-14-11-13-4-2-3-5-16(13)22-19(14)24/h2-6,8,10,14H,7,9,11H2,1H3,(H,21,23)(H,22,24). The van der Waals surface area contributed by atoms with Gasteiger partial charge in [0.1, 0.15) is 5.82 Å². The van der Waals surface area contributed by atoms with Crippen LogP contribution >= 0.6 is 0 Å². The first-order chi connectivity index (χ1) is 11.5. The molecule has 3 rings (SSSR count). The van der Waals surface area contributed by atoms with Gasteiger partial charge in [-0.15, -0.1) is 0 Å². The highest BCUT2D eigenvalue weighted by molar-refractivity contribution is 5.96. The number of fused-ring (bicyclic) bond motifs is 1. The van der Waals surface area contributed by atoms with Gasteiger partial charge in [0.05, 0.1) is 5.69 Å². The third-order valence-electron chi connectivity index (χ3n) is 4.23. The first kappa shape index (κ1) is 16.2. The Morgan fingerprint density at radius 1 is 1.29 bits per heavy atom. The summed E-state index contributed by atoms with van der Waals surface area (Å²) < 4.78 is 13.8. The first-order valence-corrected chi connectivity index (χ1v) is 7.97. The van der Waals surface area contributed by atoms with Gasteiger partial charge in [0.2, 0.25) is 11.8 Å². The maximum atomic E-state index is 13.8. The van der Waals surface area contributed by atoms with Crippen LogP contribution in [0.1, 0.15) is 24.0 Å². The largest absolute Gasteiger partial charge is 0.326 e. The number of para-hydroxylation sites is 1. The highest BCUT2D eigenvalue weighted by atomic mass is 19.1. The molecular formula is C19H19FN2O2. The van der Waals surface area contributed by atoms with E-state index in [0.717, 1.165) is 16.8 Å².